The maximum atomic E-state index is 5.47. The largest absolute Gasteiger partial charge is 0.368 e. The molecular weight excluding hydrogens is 300 g/mol. The van der Waals surface area contributed by atoms with Gasteiger partial charge in [-0.1, -0.05) is 55.0 Å². The molecule has 0 saturated carbocycles. The zero-order valence-corrected chi connectivity index (χ0v) is 13.1. The Balaban J connectivity index is 1.67. The summed E-state index contributed by atoms with van der Waals surface area (Å²) in [7, 11) is 0. The van der Waals surface area contributed by atoms with Crippen LogP contribution in [0, 0.1) is 0 Å². The van der Waals surface area contributed by atoms with Gasteiger partial charge in [0.2, 0.25) is 22.8 Å². The Morgan fingerprint density at radius 2 is 2.00 bits per heavy atom. The number of H-pyrrole nitrogens is 1. The lowest BCUT2D eigenvalue weighted by atomic mass is 10.0. The number of thioether (sulfide) groups is 1. The van der Waals surface area contributed by atoms with E-state index in [2.05, 4.69) is 51.3 Å². The van der Waals surface area contributed by atoms with Crippen molar-refractivity contribution < 1.29 is 4.52 Å². The molecule has 0 aliphatic carbocycles. The van der Waals surface area contributed by atoms with Crippen molar-refractivity contribution in [2.45, 2.75) is 30.7 Å². The zero-order valence-electron chi connectivity index (χ0n) is 12.3. The highest BCUT2D eigenvalue weighted by molar-refractivity contribution is 7.98. The molecule has 0 radical (unpaired) electrons. The van der Waals surface area contributed by atoms with E-state index in [9.17, 15) is 0 Å². The van der Waals surface area contributed by atoms with Gasteiger partial charge in [0.25, 0.3) is 0 Å². The van der Waals surface area contributed by atoms with Crippen LogP contribution in [0.1, 0.15) is 31.2 Å². The topological polar surface area (TPSA) is 107 Å². The molecule has 0 aliphatic heterocycles. The first kappa shape index (κ1) is 14.6. The van der Waals surface area contributed by atoms with Crippen LogP contribution in [0.25, 0.3) is 11.4 Å². The number of hydrogen-bond donors (Lipinski definition) is 2. The van der Waals surface area contributed by atoms with Crippen LogP contribution in [0.2, 0.25) is 0 Å². The highest BCUT2D eigenvalue weighted by Gasteiger charge is 2.11. The summed E-state index contributed by atoms with van der Waals surface area (Å²) < 4.78 is 5.25. The van der Waals surface area contributed by atoms with Crippen LogP contribution < -0.4 is 5.73 Å². The van der Waals surface area contributed by atoms with Crippen molar-refractivity contribution >= 4 is 17.7 Å². The van der Waals surface area contributed by atoms with Gasteiger partial charge in [0.15, 0.2) is 0 Å². The van der Waals surface area contributed by atoms with E-state index in [1.165, 1.54) is 17.3 Å². The van der Waals surface area contributed by atoms with Gasteiger partial charge in [-0.2, -0.15) is 9.97 Å². The summed E-state index contributed by atoms with van der Waals surface area (Å²) in [4.78, 5) is 8.38. The summed E-state index contributed by atoms with van der Waals surface area (Å²) in [6.45, 7) is 4.32. The van der Waals surface area contributed by atoms with Crippen molar-refractivity contribution in [2.75, 3.05) is 5.73 Å². The number of hydrogen-bond acceptors (Lipinski definition) is 7. The molecule has 0 atom stereocenters. The molecule has 0 saturated heterocycles. The highest BCUT2D eigenvalue weighted by atomic mass is 32.2. The first-order valence-corrected chi connectivity index (χ1v) is 7.84. The lowest BCUT2D eigenvalue weighted by Crippen LogP contribution is -1.88. The standard InChI is InChI=1S/C14H16N6OS/c1-8(2)9-3-5-10(6-4-9)12-16-11(21-20-12)7-22-14-17-13(15)18-19-14/h3-6,8H,7H2,1-2H3,(H3,15,17,18,19). The second kappa shape index (κ2) is 6.18. The number of nitrogen functional groups attached to an aromatic ring is 1. The van der Waals surface area contributed by atoms with E-state index < -0.39 is 0 Å². The van der Waals surface area contributed by atoms with Crippen molar-refractivity contribution in [2.24, 2.45) is 0 Å². The number of nitrogens with one attached hydrogen (secondary N) is 1. The molecule has 0 fully saturated rings. The van der Waals surface area contributed by atoms with E-state index in [0.29, 0.717) is 34.5 Å². The Labute approximate surface area is 131 Å². The molecule has 0 unspecified atom stereocenters. The van der Waals surface area contributed by atoms with E-state index in [0.717, 1.165) is 5.56 Å². The molecule has 0 bridgehead atoms. The second-order valence-corrected chi connectivity index (χ2v) is 6.02. The summed E-state index contributed by atoms with van der Waals surface area (Å²) in [6.07, 6.45) is 0. The number of nitrogens with zero attached hydrogens (tertiary/aromatic N) is 4. The molecule has 0 amide bonds. The van der Waals surface area contributed by atoms with Crippen molar-refractivity contribution in [1.82, 2.24) is 25.3 Å². The van der Waals surface area contributed by atoms with Gasteiger partial charge in [0.1, 0.15) is 0 Å². The van der Waals surface area contributed by atoms with Gasteiger partial charge in [-0.25, -0.2) is 5.10 Å². The molecule has 8 heteroatoms. The van der Waals surface area contributed by atoms with E-state index in [1.54, 1.807) is 0 Å². The second-order valence-electron chi connectivity index (χ2n) is 5.08. The van der Waals surface area contributed by atoms with Gasteiger partial charge in [-0.3, -0.25) is 0 Å². The molecule has 114 valence electrons. The average Bonchev–Trinajstić information content (AvgIpc) is 3.14. The quantitative estimate of drug-likeness (QED) is 0.697. The summed E-state index contributed by atoms with van der Waals surface area (Å²) in [6, 6.07) is 8.18. The lowest BCUT2D eigenvalue weighted by molar-refractivity contribution is 0.391. The number of benzene rings is 1. The smallest absolute Gasteiger partial charge is 0.237 e. The van der Waals surface area contributed by atoms with E-state index in [1.807, 2.05) is 12.1 Å². The monoisotopic (exact) mass is 316 g/mol. The number of anilines is 1. The van der Waals surface area contributed by atoms with Gasteiger partial charge < -0.3 is 10.3 Å². The molecule has 0 aliphatic rings. The van der Waals surface area contributed by atoms with Crippen LogP contribution in [0.5, 0.6) is 0 Å². The maximum Gasteiger partial charge on any atom is 0.237 e. The minimum atomic E-state index is 0.291. The van der Waals surface area contributed by atoms with Crippen LogP contribution in [0.15, 0.2) is 33.9 Å². The van der Waals surface area contributed by atoms with Crippen LogP contribution in [0.4, 0.5) is 5.95 Å². The molecule has 3 N–H and O–H groups in total. The van der Waals surface area contributed by atoms with E-state index >= 15 is 0 Å². The minimum absolute atomic E-state index is 0.291. The first-order valence-electron chi connectivity index (χ1n) is 6.85. The fraction of sp³-hybridized carbons (Fsp3) is 0.286. The Morgan fingerprint density at radius 3 is 2.64 bits per heavy atom. The SMILES string of the molecule is CC(C)c1ccc(-c2noc(CSc3n[nH]c(N)n3)n2)cc1. The van der Waals surface area contributed by atoms with Gasteiger partial charge in [0.05, 0.1) is 5.75 Å². The average molecular weight is 316 g/mol. The lowest BCUT2D eigenvalue weighted by Gasteiger charge is -2.04. The highest BCUT2D eigenvalue weighted by Crippen LogP contribution is 2.23. The molecule has 1 aromatic carbocycles. The van der Waals surface area contributed by atoms with Crippen LogP contribution in [-0.2, 0) is 5.75 Å². The third kappa shape index (κ3) is 3.28. The molecule has 0 spiro atoms. The van der Waals surface area contributed by atoms with Crippen molar-refractivity contribution in [3.63, 3.8) is 0 Å². The Bertz CT molecular complexity index is 749. The van der Waals surface area contributed by atoms with E-state index in [-0.39, 0.29) is 0 Å². The fourth-order valence-electron chi connectivity index (χ4n) is 1.90. The minimum Gasteiger partial charge on any atom is -0.368 e. The Morgan fingerprint density at radius 1 is 1.23 bits per heavy atom. The number of aromatic nitrogens is 5. The van der Waals surface area contributed by atoms with Gasteiger partial charge in [-0.05, 0) is 11.5 Å². The summed E-state index contributed by atoms with van der Waals surface area (Å²) >= 11 is 1.38. The van der Waals surface area contributed by atoms with Crippen molar-refractivity contribution in [3.05, 3.63) is 35.7 Å². The van der Waals surface area contributed by atoms with Gasteiger partial charge in [0, 0.05) is 5.56 Å². The Kier molecular flexibility index (Phi) is 4.10. The predicted octanol–water partition coefficient (Wildman–Crippen LogP) is 2.85. The summed E-state index contributed by atoms with van der Waals surface area (Å²) in [5.41, 5.74) is 7.69. The first-order chi connectivity index (χ1) is 10.6. The molecule has 2 aromatic heterocycles. The van der Waals surface area contributed by atoms with Crippen molar-refractivity contribution in [3.8, 4) is 11.4 Å². The van der Waals surface area contributed by atoms with Crippen LogP contribution in [-0.4, -0.2) is 25.3 Å². The van der Waals surface area contributed by atoms with Crippen LogP contribution in [0.3, 0.4) is 0 Å². The molecule has 7 nitrogen and oxygen atoms in total. The molecule has 3 rings (SSSR count). The van der Waals surface area contributed by atoms with Crippen LogP contribution >= 0.6 is 11.8 Å². The molecule has 3 aromatic rings. The number of rotatable bonds is 5. The molecular formula is C14H16N6OS. The Hall–Kier alpha value is -2.35. The maximum absolute atomic E-state index is 5.47. The molecule has 2 heterocycles. The fourth-order valence-corrected chi connectivity index (χ4v) is 2.54. The summed E-state index contributed by atoms with van der Waals surface area (Å²) in [5, 5.41) is 11.1. The van der Waals surface area contributed by atoms with Gasteiger partial charge in [-0.15, -0.1) is 5.10 Å². The molecule has 22 heavy (non-hydrogen) atoms. The third-order valence-corrected chi connectivity index (χ3v) is 3.94. The van der Waals surface area contributed by atoms with Gasteiger partial charge >= 0.3 is 0 Å². The normalized spacial score (nSPS) is 11.2. The van der Waals surface area contributed by atoms with Crippen molar-refractivity contribution in [1.29, 1.82) is 0 Å². The predicted molar refractivity (Wildman–Crippen MR) is 84.2 cm³/mol. The van der Waals surface area contributed by atoms with E-state index in [4.69, 9.17) is 10.3 Å². The number of aromatic amines is 1. The summed E-state index contributed by atoms with van der Waals surface area (Å²) in [5.74, 6) is 2.39. The zero-order chi connectivity index (χ0) is 15.5. The third-order valence-electron chi connectivity index (χ3n) is 3.11. The number of nitrogens with two attached hydrogens (primary N) is 1.